The first-order chi connectivity index (χ1) is 8.65. The predicted molar refractivity (Wildman–Crippen MR) is 72.2 cm³/mol. The van der Waals surface area contributed by atoms with E-state index in [0.29, 0.717) is 13.1 Å². The number of amides is 2. The molecule has 1 saturated heterocycles. The fourth-order valence-electron chi connectivity index (χ4n) is 1.74. The second-order valence-corrected chi connectivity index (χ2v) is 4.97. The summed E-state index contributed by atoms with van der Waals surface area (Å²) in [5.41, 5.74) is 0.722. The van der Waals surface area contributed by atoms with Gasteiger partial charge < -0.3 is 16.0 Å². The average molecular weight is 312 g/mol. The molecule has 0 saturated carbocycles. The third-order valence-electron chi connectivity index (χ3n) is 2.65. The highest BCUT2D eigenvalue weighted by Crippen LogP contribution is 2.14. The smallest absolute Gasteiger partial charge is 0.237 e. The number of carbonyl (C=O) groups is 2. The fourth-order valence-corrected chi connectivity index (χ4v) is 2.01. The second kappa shape index (κ2) is 5.97. The number of benzene rings is 1. The predicted octanol–water partition coefficient (Wildman–Crippen LogP) is 0.866. The van der Waals surface area contributed by atoms with Crippen molar-refractivity contribution in [3.63, 3.8) is 0 Å². The molecular weight excluding hydrogens is 298 g/mol. The zero-order valence-electron chi connectivity index (χ0n) is 9.70. The Balaban J connectivity index is 1.88. The Bertz CT molecular complexity index is 447. The van der Waals surface area contributed by atoms with Crippen LogP contribution in [-0.4, -0.2) is 30.9 Å². The number of anilines is 1. The van der Waals surface area contributed by atoms with Crippen LogP contribution in [0.3, 0.4) is 0 Å². The minimum atomic E-state index is -0.436. The summed E-state index contributed by atoms with van der Waals surface area (Å²) in [5.74, 6) is -0.293. The number of halogens is 1. The van der Waals surface area contributed by atoms with Crippen LogP contribution in [0.2, 0.25) is 0 Å². The molecule has 5 nitrogen and oxygen atoms in total. The molecule has 3 N–H and O–H groups in total. The van der Waals surface area contributed by atoms with Gasteiger partial charge in [0.05, 0.1) is 12.5 Å². The van der Waals surface area contributed by atoms with Crippen LogP contribution in [0.25, 0.3) is 0 Å². The molecule has 0 unspecified atom stereocenters. The van der Waals surface area contributed by atoms with Crippen molar-refractivity contribution < 1.29 is 9.59 Å². The van der Waals surface area contributed by atoms with Gasteiger partial charge in [-0.05, 0) is 24.3 Å². The zero-order valence-corrected chi connectivity index (χ0v) is 11.3. The summed E-state index contributed by atoms with van der Waals surface area (Å²) in [4.78, 5) is 23.2. The van der Waals surface area contributed by atoms with Crippen LogP contribution in [0, 0.1) is 0 Å². The van der Waals surface area contributed by atoms with Gasteiger partial charge in [-0.15, -0.1) is 0 Å². The van der Waals surface area contributed by atoms with Gasteiger partial charge >= 0.3 is 0 Å². The molecule has 1 aliphatic heterocycles. The van der Waals surface area contributed by atoms with E-state index in [2.05, 4.69) is 31.9 Å². The van der Waals surface area contributed by atoms with Gasteiger partial charge in [-0.2, -0.15) is 0 Å². The van der Waals surface area contributed by atoms with E-state index in [1.165, 1.54) is 0 Å². The first-order valence-electron chi connectivity index (χ1n) is 5.71. The molecule has 2 rings (SSSR count). The molecule has 0 radical (unpaired) electrons. The Morgan fingerprint density at radius 2 is 2.06 bits per heavy atom. The quantitative estimate of drug-likeness (QED) is 0.775. The lowest BCUT2D eigenvalue weighted by atomic mass is 10.1. The van der Waals surface area contributed by atoms with Crippen LogP contribution in [0.5, 0.6) is 0 Å². The Morgan fingerprint density at radius 3 is 2.72 bits per heavy atom. The summed E-state index contributed by atoms with van der Waals surface area (Å²) in [6.45, 7) is 1.31. The van der Waals surface area contributed by atoms with Crippen LogP contribution in [0.4, 0.5) is 5.69 Å². The Hall–Kier alpha value is -1.40. The first-order valence-corrected chi connectivity index (χ1v) is 6.51. The highest BCUT2D eigenvalue weighted by molar-refractivity contribution is 9.10. The summed E-state index contributed by atoms with van der Waals surface area (Å²) in [5, 5.41) is 8.49. The van der Waals surface area contributed by atoms with Gasteiger partial charge in [-0.3, -0.25) is 9.59 Å². The van der Waals surface area contributed by atoms with Crippen molar-refractivity contribution in [2.75, 3.05) is 18.4 Å². The maximum absolute atomic E-state index is 11.8. The molecule has 0 aromatic heterocycles. The summed E-state index contributed by atoms with van der Waals surface area (Å²) >= 11 is 3.32. The van der Waals surface area contributed by atoms with Crippen molar-refractivity contribution in [3.8, 4) is 0 Å². The molecule has 2 amide bonds. The van der Waals surface area contributed by atoms with E-state index in [0.717, 1.165) is 10.2 Å². The molecule has 1 aliphatic rings. The van der Waals surface area contributed by atoms with Crippen LogP contribution in [-0.2, 0) is 9.59 Å². The van der Waals surface area contributed by atoms with Crippen molar-refractivity contribution in [1.29, 1.82) is 0 Å². The second-order valence-electron chi connectivity index (χ2n) is 4.06. The molecule has 1 heterocycles. The number of hydrogen-bond acceptors (Lipinski definition) is 3. The van der Waals surface area contributed by atoms with Crippen molar-refractivity contribution in [2.24, 2.45) is 0 Å². The van der Waals surface area contributed by atoms with Crippen LogP contribution >= 0.6 is 15.9 Å². The molecular formula is C12H14BrN3O2. The van der Waals surface area contributed by atoms with Crippen LogP contribution in [0.1, 0.15) is 6.42 Å². The molecule has 18 heavy (non-hydrogen) atoms. The number of nitrogens with one attached hydrogen (secondary N) is 3. The van der Waals surface area contributed by atoms with E-state index in [4.69, 9.17) is 0 Å². The SMILES string of the molecule is O=C(C[C@@H]1NCCNC1=O)Nc1ccc(Br)cc1. The Morgan fingerprint density at radius 1 is 1.33 bits per heavy atom. The Labute approximate surface area is 113 Å². The highest BCUT2D eigenvalue weighted by atomic mass is 79.9. The van der Waals surface area contributed by atoms with Gasteiger partial charge in [-0.1, -0.05) is 15.9 Å². The molecule has 0 spiro atoms. The number of carbonyl (C=O) groups excluding carboxylic acids is 2. The van der Waals surface area contributed by atoms with Gasteiger partial charge in [0.25, 0.3) is 0 Å². The molecule has 1 aromatic rings. The zero-order chi connectivity index (χ0) is 13.0. The summed E-state index contributed by atoms with van der Waals surface area (Å²) in [6, 6.07) is 6.86. The third kappa shape index (κ3) is 3.54. The Kier molecular flexibility index (Phi) is 4.33. The van der Waals surface area contributed by atoms with Gasteiger partial charge in [0.15, 0.2) is 0 Å². The van der Waals surface area contributed by atoms with E-state index >= 15 is 0 Å². The van der Waals surface area contributed by atoms with Gasteiger partial charge in [0.2, 0.25) is 11.8 Å². The monoisotopic (exact) mass is 311 g/mol. The number of piperazine rings is 1. The van der Waals surface area contributed by atoms with Crippen molar-refractivity contribution in [2.45, 2.75) is 12.5 Å². The lowest BCUT2D eigenvalue weighted by Gasteiger charge is -2.22. The van der Waals surface area contributed by atoms with E-state index in [1.807, 2.05) is 12.1 Å². The normalized spacial score (nSPS) is 19.2. The van der Waals surface area contributed by atoms with Crippen molar-refractivity contribution in [1.82, 2.24) is 10.6 Å². The lowest BCUT2D eigenvalue weighted by molar-refractivity contribution is -0.127. The first kappa shape index (κ1) is 13.0. The highest BCUT2D eigenvalue weighted by Gasteiger charge is 2.23. The van der Waals surface area contributed by atoms with Crippen LogP contribution in [0.15, 0.2) is 28.7 Å². The summed E-state index contributed by atoms with van der Waals surface area (Å²) < 4.78 is 0.953. The molecule has 96 valence electrons. The third-order valence-corrected chi connectivity index (χ3v) is 3.18. The standard InChI is InChI=1S/C12H14BrN3O2/c13-8-1-3-9(4-2-8)16-11(17)7-10-12(18)15-6-5-14-10/h1-4,10,14H,5-7H2,(H,15,18)(H,16,17)/t10-/m0/s1. The molecule has 0 aliphatic carbocycles. The largest absolute Gasteiger partial charge is 0.353 e. The van der Waals surface area contributed by atoms with Crippen molar-refractivity contribution in [3.05, 3.63) is 28.7 Å². The minimum absolute atomic E-state index is 0.118. The van der Waals surface area contributed by atoms with E-state index in [9.17, 15) is 9.59 Å². The van der Waals surface area contributed by atoms with Gasteiger partial charge in [0, 0.05) is 23.2 Å². The maximum Gasteiger partial charge on any atom is 0.237 e. The number of hydrogen-bond donors (Lipinski definition) is 3. The molecule has 1 fully saturated rings. The van der Waals surface area contributed by atoms with E-state index in [1.54, 1.807) is 12.1 Å². The maximum atomic E-state index is 11.8. The van der Waals surface area contributed by atoms with E-state index in [-0.39, 0.29) is 18.2 Å². The fraction of sp³-hybridized carbons (Fsp3) is 0.333. The number of rotatable bonds is 3. The van der Waals surface area contributed by atoms with Crippen molar-refractivity contribution >= 4 is 33.4 Å². The topological polar surface area (TPSA) is 70.2 Å². The van der Waals surface area contributed by atoms with Gasteiger partial charge in [-0.25, -0.2) is 0 Å². The summed E-state index contributed by atoms with van der Waals surface area (Å²) in [6.07, 6.45) is 0.141. The van der Waals surface area contributed by atoms with E-state index < -0.39 is 6.04 Å². The molecule has 1 aromatic carbocycles. The van der Waals surface area contributed by atoms with Gasteiger partial charge in [0.1, 0.15) is 0 Å². The van der Waals surface area contributed by atoms with Crippen LogP contribution < -0.4 is 16.0 Å². The minimum Gasteiger partial charge on any atom is -0.353 e. The lowest BCUT2D eigenvalue weighted by Crippen LogP contribution is -2.53. The molecule has 1 atom stereocenters. The molecule has 0 bridgehead atoms. The summed E-state index contributed by atoms with van der Waals surface area (Å²) in [7, 11) is 0. The average Bonchev–Trinajstić information content (AvgIpc) is 2.35. The molecule has 6 heteroatoms.